The first kappa shape index (κ1) is 11.4. The molecule has 2 rings (SSSR count). The maximum absolute atomic E-state index is 11.6. The second-order valence-corrected chi connectivity index (χ2v) is 4.61. The topological polar surface area (TPSA) is 39.4 Å². The maximum Gasteiger partial charge on any atom is 0.223 e. The van der Waals surface area contributed by atoms with E-state index in [1.165, 1.54) is 19.1 Å². The molecular formula is C13H18O3. The van der Waals surface area contributed by atoms with Crippen LogP contribution in [0.1, 0.15) is 43.2 Å². The third-order valence-electron chi connectivity index (χ3n) is 3.13. The van der Waals surface area contributed by atoms with E-state index in [4.69, 9.17) is 9.15 Å². The van der Waals surface area contributed by atoms with Crippen LogP contribution in [0.5, 0.6) is 0 Å². The normalized spacial score (nSPS) is 25.6. The first-order valence-electron chi connectivity index (χ1n) is 5.94. The monoisotopic (exact) mass is 222 g/mol. The Balaban J connectivity index is 1.77. The van der Waals surface area contributed by atoms with E-state index < -0.39 is 0 Å². The van der Waals surface area contributed by atoms with Crippen LogP contribution in [0.25, 0.3) is 0 Å². The van der Waals surface area contributed by atoms with Crippen LogP contribution in [-0.2, 0) is 4.74 Å². The Morgan fingerprint density at radius 2 is 2.44 bits per heavy atom. The van der Waals surface area contributed by atoms with Gasteiger partial charge in [-0.3, -0.25) is 4.79 Å². The van der Waals surface area contributed by atoms with Crippen molar-refractivity contribution in [1.82, 2.24) is 0 Å². The molecule has 0 N–H and O–H groups in total. The van der Waals surface area contributed by atoms with Gasteiger partial charge in [0.2, 0.25) is 5.78 Å². The summed E-state index contributed by atoms with van der Waals surface area (Å²) in [6.45, 7) is 2.38. The van der Waals surface area contributed by atoms with Gasteiger partial charge in [0.05, 0.1) is 12.4 Å². The first-order chi connectivity index (χ1) is 7.75. The second-order valence-electron chi connectivity index (χ2n) is 4.61. The average molecular weight is 222 g/mol. The predicted molar refractivity (Wildman–Crippen MR) is 60.4 cm³/mol. The molecule has 1 heterocycles. The van der Waals surface area contributed by atoms with Gasteiger partial charge in [-0.2, -0.15) is 0 Å². The molecule has 2 atom stereocenters. The van der Waals surface area contributed by atoms with Crippen molar-refractivity contribution in [3.63, 3.8) is 0 Å². The van der Waals surface area contributed by atoms with Crippen LogP contribution in [0.4, 0.5) is 0 Å². The van der Waals surface area contributed by atoms with Crippen LogP contribution in [0.3, 0.4) is 0 Å². The molecule has 1 aliphatic rings. The average Bonchev–Trinajstić information content (AvgIpc) is 2.79. The van der Waals surface area contributed by atoms with E-state index in [1.807, 2.05) is 0 Å². The number of rotatable bonds is 4. The van der Waals surface area contributed by atoms with Gasteiger partial charge >= 0.3 is 0 Å². The fourth-order valence-corrected chi connectivity index (χ4v) is 2.23. The highest BCUT2D eigenvalue weighted by atomic mass is 16.5. The molecule has 0 saturated heterocycles. The smallest absolute Gasteiger partial charge is 0.223 e. The molecule has 0 amide bonds. The van der Waals surface area contributed by atoms with E-state index >= 15 is 0 Å². The minimum Gasteiger partial charge on any atom is -0.461 e. The highest BCUT2D eigenvalue weighted by molar-refractivity contribution is 5.94. The molecule has 1 aromatic heterocycles. The molecular weight excluding hydrogens is 204 g/mol. The molecule has 1 fully saturated rings. The zero-order chi connectivity index (χ0) is 11.4. The highest BCUT2D eigenvalue weighted by Crippen LogP contribution is 2.25. The molecule has 0 radical (unpaired) electrons. The molecule has 2 unspecified atom stereocenters. The predicted octanol–water partition coefficient (Wildman–Crippen LogP) is 3.06. The van der Waals surface area contributed by atoms with Gasteiger partial charge in [-0.15, -0.1) is 0 Å². The molecule has 0 spiro atoms. The lowest BCUT2D eigenvalue weighted by atomic mass is 9.89. The summed E-state index contributed by atoms with van der Waals surface area (Å²) in [5, 5.41) is 0. The minimum absolute atomic E-state index is 0.0665. The van der Waals surface area contributed by atoms with Crippen LogP contribution in [0.2, 0.25) is 0 Å². The summed E-state index contributed by atoms with van der Waals surface area (Å²) in [6, 6.07) is 3.39. The number of Topliss-reactive ketones (excluding diaryl/α,β-unsaturated/α-hetero) is 1. The Morgan fingerprint density at radius 3 is 3.12 bits per heavy atom. The van der Waals surface area contributed by atoms with Gasteiger partial charge in [-0.1, -0.05) is 19.8 Å². The molecule has 16 heavy (non-hydrogen) atoms. The largest absolute Gasteiger partial charge is 0.461 e. The first-order valence-corrected chi connectivity index (χ1v) is 5.94. The van der Waals surface area contributed by atoms with Crippen LogP contribution in [-0.4, -0.2) is 18.5 Å². The van der Waals surface area contributed by atoms with E-state index in [0.717, 1.165) is 18.8 Å². The van der Waals surface area contributed by atoms with Crippen LogP contribution in [0, 0.1) is 5.92 Å². The number of hydrogen-bond acceptors (Lipinski definition) is 3. The van der Waals surface area contributed by atoms with Crippen LogP contribution < -0.4 is 0 Å². The lowest BCUT2D eigenvalue weighted by molar-refractivity contribution is 0.0171. The SMILES string of the molecule is CC1CCCC(OCC(=O)c2ccco2)C1. The van der Waals surface area contributed by atoms with Crippen LogP contribution >= 0.6 is 0 Å². The summed E-state index contributed by atoms with van der Waals surface area (Å²) in [7, 11) is 0. The number of furan rings is 1. The van der Waals surface area contributed by atoms with Gasteiger partial charge in [-0.05, 0) is 30.9 Å². The Hall–Kier alpha value is -1.09. The third-order valence-corrected chi connectivity index (χ3v) is 3.13. The van der Waals surface area contributed by atoms with Crippen molar-refractivity contribution in [2.75, 3.05) is 6.61 Å². The standard InChI is InChI=1S/C13H18O3/c1-10-4-2-5-11(8-10)16-9-12(14)13-6-3-7-15-13/h3,6-7,10-11H,2,4-5,8-9H2,1H3. The molecule has 0 bridgehead atoms. The van der Waals surface area contributed by atoms with Gasteiger partial charge in [0, 0.05) is 0 Å². The molecule has 0 aliphatic heterocycles. The summed E-state index contributed by atoms with van der Waals surface area (Å²) in [5.41, 5.74) is 0. The summed E-state index contributed by atoms with van der Waals surface area (Å²) >= 11 is 0. The number of carbonyl (C=O) groups excluding carboxylic acids is 1. The van der Waals surface area contributed by atoms with E-state index in [1.54, 1.807) is 12.1 Å². The third kappa shape index (κ3) is 2.95. The second kappa shape index (κ2) is 5.30. The number of carbonyl (C=O) groups is 1. The molecule has 3 nitrogen and oxygen atoms in total. The van der Waals surface area contributed by atoms with Crippen molar-refractivity contribution in [2.45, 2.75) is 38.7 Å². The highest BCUT2D eigenvalue weighted by Gasteiger charge is 2.20. The van der Waals surface area contributed by atoms with Gasteiger partial charge in [-0.25, -0.2) is 0 Å². The molecule has 1 saturated carbocycles. The zero-order valence-electron chi connectivity index (χ0n) is 9.65. The van der Waals surface area contributed by atoms with E-state index in [2.05, 4.69) is 6.92 Å². The Kier molecular flexibility index (Phi) is 3.78. The van der Waals surface area contributed by atoms with Gasteiger partial charge < -0.3 is 9.15 Å². The fourth-order valence-electron chi connectivity index (χ4n) is 2.23. The Bertz CT molecular complexity index is 329. The molecule has 88 valence electrons. The van der Waals surface area contributed by atoms with E-state index in [0.29, 0.717) is 5.76 Å². The van der Waals surface area contributed by atoms with Gasteiger partial charge in [0.15, 0.2) is 5.76 Å². The molecule has 1 aliphatic carbocycles. The number of ether oxygens (including phenoxy) is 1. The van der Waals surface area contributed by atoms with Gasteiger partial charge in [0.1, 0.15) is 6.61 Å². The van der Waals surface area contributed by atoms with Crippen molar-refractivity contribution in [1.29, 1.82) is 0 Å². The minimum atomic E-state index is -0.0665. The lowest BCUT2D eigenvalue weighted by Gasteiger charge is -2.26. The fraction of sp³-hybridized carbons (Fsp3) is 0.615. The quantitative estimate of drug-likeness (QED) is 0.735. The summed E-state index contributed by atoms with van der Waals surface area (Å²) in [5.74, 6) is 1.05. The van der Waals surface area contributed by atoms with Gasteiger partial charge in [0.25, 0.3) is 0 Å². The zero-order valence-corrected chi connectivity index (χ0v) is 9.65. The summed E-state index contributed by atoms with van der Waals surface area (Å²) in [4.78, 5) is 11.6. The summed E-state index contributed by atoms with van der Waals surface area (Å²) in [6.07, 6.45) is 6.41. The number of hydrogen-bond donors (Lipinski definition) is 0. The Labute approximate surface area is 95.8 Å². The van der Waals surface area contributed by atoms with Crippen molar-refractivity contribution >= 4 is 5.78 Å². The number of ketones is 1. The Morgan fingerprint density at radius 1 is 1.56 bits per heavy atom. The van der Waals surface area contributed by atoms with Crippen molar-refractivity contribution in [2.24, 2.45) is 5.92 Å². The molecule has 0 aromatic carbocycles. The molecule has 3 heteroatoms. The summed E-state index contributed by atoms with van der Waals surface area (Å²) < 4.78 is 10.7. The van der Waals surface area contributed by atoms with Crippen molar-refractivity contribution in [3.8, 4) is 0 Å². The van der Waals surface area contributed by atoms with Crippen LogP contribution in [0.15, 0.2) is 22.8 Å². The molecule has 1 aromatic rings. The van der Waals surface area contributed by atoms with Crippen molar-refractivity contribution < 1.29 is 13.9 Å². The maximum atomic E-state index is 11.6. The van der Waals surface area contributed by atoms with Crippen molar-refractivity contribution in [3.05, 3.63) is 24.2 Å². The van der Waals surface area contributed by atoms with E-state index in [9.17, 15) is 4.79 Å². The van der Waals surface area contributed by atoms with E-state index in [-0.39, 0.29) is 18.5 Å². The lowest BCUT2D eigenvalue weighted by Crippen LogP contribution is -2.24.